The Kier molecular flexibility index (Phi) is 7.85. The number of hydrogen-bond donors (Lipinski definition) is 0. The molecule has 2 aliphatic carbocycles. The summed E-state index contributed by atoms with van der Waals surface area (Å²) in [6.07, 6.45) is 20.4. The van der Waals surface area contributed by atoms with Gasteiger partial charge in [-0.2, -0.15) is 0 Å². The van der Waals surface area contributed by atoms with Crippen LogP contribution in [0.4, 0.5) is 0 Å². The molecule has 1 heteroatoms. The van der Waals surface area contributed by atoms with Crippen LogP contribution in [0.5, 0.6) is 0 Å². The van der Waals surface area contributed by atoms with Crippen LogP contribution in [-0.4, -0.2) is 12.7 Å². The van der Waals surface area contributed by atoms with Gasteiger partial charge in [0.1, 0.15) is 0 Å². The fourth-order valence-corrected chi connectivity index (χ4v) is 4.41. The summed E-state index contributed by atoms with van der Waals surface area (Å²) in [6, 6.07) is 0. The van der Waals surface area contributed by atoms with Gasteiger partial charge in [0.25, 0.3) is 0 Å². The van der Waals surface area contributed by atoms with Gasteiger partial charge >= 0.3 is 0 Å². The maximum atomic E-state index is 6.06. The zero-order valence-corrected chi connectivity index (χ0v) is 14.4. The highest BCUT2D eigenvalue weighted by Crippen LogP contribution is 2.40. The van der Waals surface area contributed by atoms with E-state index in [2.05, 4.69) is 26.0 Å². The first-order valence-electron chi connectivity index (χ1n) is 9.57. The smallest absolute Gasteiger partial charge is 0.0575 e. The molecule has 0 saturated heterocycles. The molecule has 0 unspecified atom stereocenters. The van der Waals surface area contributed by atoms with Gasteiger partial charge in [-0.25, -0.2) is 0 Å². The Balaban J connectivity index is 1.61. The summed E-state index contributed by atoms with van der Waals surface area (Å²) in [7, 11) is 0. The molecule has 0 spiro atoms. The highest BCUT2D eigenvalue weighted by molar-refractivity contribution is 4.90. The maximum Gasteiger partial charge on any atom is 0.0575 e. The van der Waals surface area contributed by atoms with Crippen LogP contribution in [0.25, 0.3) is 0 Å². The normalized spacial score (nSPS) is 34.4. The monoisotopic (exact) mass is 292 g/mol. The Hall–Kier alpha value is -0.300. The summed E-state index contributed by atoms with van der Waals surface area (Å²) < 4.78 is 6.06. The summed E-state index contributed by atoms with van der Waals surface area (Å²) in [4.78, 5) is 0. The summed E-state index contributed by atoms with van der Waals surface area (Å²) >= 11 is 0. The van der Waals surface area contributed by atoms with E-state index in [1.165, 1.54) is 70.6 Å². The fraction of sp³-hybridized carbons (Fsp3) is 0.900. The van der Waals surface area contributed by atoms with Crippen LogP contribution in [0.1, 0.15) is 84.5 Å². The van der Waals surface area contributed by atoms with Gasteiger partial charge in [0, 0.05) is 6.61 Å². The molecular weight excluding hydrogens is 256 g/mol. The van der Waals surface area contributed by atoms with Gasteiger partial charge in [0.05, 0.1) is 6.10 Å². The molecule has 1 nitrogen and oxygen atoms in total. The molecule has 2 fully saturated rings. The van der Waals surface area contributed by atoms with E-state index < -0.39 is 0 Å². The summed E-state index contributed by atoms with van der Waals surface area (Å²) in [5, 5.41) is 0. The Bertz CT molecular complexity index is 280. The summed E-state index contributed by atoms with van der Waals surface area (Å²) in [5.41, 5.74) is 0. The van der Waals surface area contributed by atoms with Crippen molar-refractivity contribution >= 4 is 0 Å². The lowest BCUT2D eigenvalue weighted by molar-refractivity contribution is 0.00606. The van der Waals surface area contributed by atoms with Crippen molar-refractivity contribution in [3.8, 4) is 0 Å². The van der Waals surface area contributed by atoms with Crippen molar-refractivity contribution < 1.29 is 4.74 Å². The number of unbranched alkanes of at least 4 members (excludes halogenated alkanes) is 2. The number of ether oxygens (including phenoxy) is 1. The Morgan fingerprint density at radius 3 is 2.05 bits per heavy atom. The van der Waals surface area contributed by atoms with Gasteiger partial charge in [-0.05, 0) is 82.5 Å². The fourth-order valence-electron chi connectivity index (χ4n) is 4.41. The third-order valence-corrected chi connectivity index (χ3v) is 5.77. The minimum atomic E-state index is 0.581. The number of hydrogen-bond acceptors (Lipinski definition) is 1. The lowest BCUT2D eigenvalue weighted by Gasteiger charge is -2.37. The van der Waals surface area contributed by atoms with Crippen molar-refractivity contribution in [1.29, 1.82) is 0 Å². The molecule has 0 aromatic heterocycles. The molecule has 21 heavy (non-hydrogen) atoms. The van der Waals surface area contributed by atoms with Gasteiger partial charge in [0.15, 0.2) is 0 Å². The third-order valence-electron chi connectivity index (χ3n) is 5.77. The first-order chi connectivity index (χ1) is 10.3. The minimum absolute atomic E-state index is 0.581. The van der Waals surface area contributed by atoms with Crippen LogP contribution in [-0.2, 0) is 4.74 Å². The van der Waals surface area contributed by atoms with Crippen LogP contribution in [0.2, 0.25) is 0 Å². The quantitative estimate of drug-likeness (QED) is 0.405. The molecule has 0 atom stereocenters. The zero-order chi connectivity index (χ0) is 14.9. The second kappa shape index (κ2) is 9.66. The third kappa shape index (κ3) is 5.77. The van der Waals surface area contributed by atoms with Crippen molar-refractivity contribution in [3.05, 3.63) is 12.2 Å². The Labute approximate surface area is 132 Å². The van der Waals surface area contributed by atoms with Crippen molar-refractivity contribution in [2.45, 2.75) is 90.6 Å². The molecule has 0 amide bonds. The first-order valence-corrected chi connectivity index (χ1v) is 9.57. The van der Waals surface area contributed by atoms with Crippen molar-refractivity contribution in [1.82, 2.24) is 0 Å². The van der Waals surface area contributed by atoms with Crippen LogP contribution in [0.15, 0.2) is 12.2 Å². The van der Waals surface area contributed by atoms with Crippen LogP contribution >= 0.6 is 0 Å². The van der Waals surface area contributed by atoms with E-state index in [9.17, 15) is 0 Å². The van der Waals surface area contributed by atoms with Crippen molar-refractivity contribution in [2.24, 2.45) is 17.8 Å². The van der Waals surface area contributed by atoms with E-state index in [0.29, 0.717) is 6.10 Å². The van der Waals surface area contributed by atoms with Gasteiger partial charge in [-0.1, -0.05) is 31.9 Å². The highest BCUT2D eigenvalue weighted by atomic mass is 16.5. The average Bonchev–Trinajstić information content (AvgIpc) is 2.53. The van der Waals surface area contributed by atoms with Crippen LogP contribution in [0, 0.1) is 17.8 Å². The minimum Gasteiger partial charge on any atom is -0.378 e. The van der Waals surface area contributed by atoms with E-state index in [0.717, 1.165) is 24.4 Å². The van der Waals surface area contributed by atoms with Gasteiger partial charge in [-0.15, -0.1) is 0 Å². The molecule has 2 rings (SSSR count). The van der Waals surface area contributed by atoms with E-state index >= 15 is 0 Å². The molecule has 0 N–H and O–H groups in total. The molecule has 122 valence electrons. The highest BCUT2D eigenvalue weighted by Gasteiger charge is 2.30. The standard InChI is InChI=1S/C20H36O/c1-3-5-6-16-21-20-14-12-19(13-15-20)18-10-8-17(7-4-2)9-11-18/h4,7,17-20H,3,5-6,8-16H2,1-2H3/t17-,18-,19-,20-. The molecule has 2 aliphatic rings. The SMILES string of the molecule is CC=C[C@H]1CC[C@H]([C@H]2CC[C@H](OCCCCC)CC2)CC1. The first kappa shape index (κ1) is 17.1. The van der Waals surface area contributed by atoms with Crippen LogP contribution in [0.3, 0.4) is 0 Å². The molecule has 0 aromatic rings. The predicted molar refractivity (Wildman–Crippen MR) is 91.5 cm³/mol. The summed E-state index contributed by atoms with van der Waals surface area (Å²) in [5.74, 6) is 2.91. The average molecular weight is 293 g/mol. The molecule has 0 bridgehead atoms. The topological polar surface area (TPSA) is 9.23 Å². The lowest BCUT2D eigenvalue weighted by Crippen LogP contribution is -2.28. The summed E-state index contributed by atoms with van der Waals surface area (Å²) in [6.45, 7) is 5.42. The van der Waals surface area contributed by atoms with Gasteiger partial charge in [-0.3, -0.25) is 0 Å². The molecular formula is C20H36O. The van der Waals surface area contributed by atoms with E-state index in [4.69, 9.17) is 4.74 Å². The van der Waals surface area contributed by atoms with Crippen molar-refractivity contribution in [3.63, 3.8) is 0 Å². The second-order valence-electron chi connectivity index (χ2n) is 7.32. The van der Waals surface area contributed by atoms with E-state index in [1.807, 2.05) is 0 Å². The Morgan fingerprint density at radius 2 is 1.48 bits per heavy atom. The lowest BCUT2D eigenvalue weighted by atomic mass is 9.70. The van der Waals surface area contributed by atoms with E-state index in [-0.39, 0.29) is 0 Å². The number of rotatable bonds is 7. The number of allylic oxidation sites excluding steroid dienone is 2. The Morgan fingerprint density at radius 1 is 0.857 bits per heavy atom. The molecule has 0 aromatic carbocycles. The largest absolute Gasteiger partial charge is 0.378 e. The van der Waals surface area contributed by atoms with Gasteiger partial charge < -0.3 is 4.74 Å². The second-order valence-corrected chi connectivity index (χ2v) is 7.32. The molecule has 0 aliphatic heterocycles. The molecule has 0 heterocycles. The maximum absolute atomic E-state index is 6.06. The predicted octanol–water partition coefficient (Wildman–Crippen LogP) is 6.13. The van der Waals surface area contributed by atoms with Crippen LogP contribution < -0.4 is 0 Å². The van der Waals surface area contributed by atoms with E-state index in [1.54, 1.807) is 0 Å². The van der Waals surface area contributed by atoms with Crippen molar-refractivity contribution in [2.75, 3.05) is 6.61 Å². The molecule has 0 radical (unpaired) electrons. The molecule has 2 saturated carbocycles. The zero-order valence-electron chi connectivity index (χ0n) is 14.4. The van der Waals surface area contributed by atoms with Gasteiger partial charge in [0.2, 0.25) is 0 Å².